The predicted molar refractivity (Wildman–Crippen MR) is 388 cm³/mol. The van der Waals surface area contributed by atoms with Crippen molar-refractivity contribution in [1.82, 2.24) is 10.6 Å². The van der Waals surface area contributed by atoms with Crippen LogP contribution >= 0.6 is 0 Å². The molecule has 3 N–H and O–H groups in total. The Morgan fingerprint density at radius 3 is 1.29 bits per heavy atom. The lowest BCUT2D eigenvalue weighted by atomic mass is 9.47. The summed E-state index contributed by atoms with van der Waals surface area (Å²) < 4.78 is 51.9. The number of rotatable bonds is 33. The normalized spacial score (nSPS) is 31.9. The van der Waals surface area contributed by atoms with Gasteiger partial charge in [0.1, 0.15) is 49.5 Å². The van der Waals surface area contributed by atoms with Gasteiger partial charge in [0.2, 0.25) is 0 Å². The Bertz CT molecular complexity index is 2660. The highest BCUT2D eigenvalue weighted by Gasteiger charge is 2.61. The van der Waals surface area contributed by atoms with E-state index in [1.807, 2.05) is 0 Å². The Labute approximate surface area is 603 Å². The smallest absolute Gasteiger partial charge is 0.407 e. The molecular weight excluding hydrogens is 1270 g/mol. The standard InChI is InChI=1S/C38H63NO7.C37H61NO7.C6H14O3/c1-25(2)10-9-11-26(3)31-14-15-32-30-13-12-28-22-29(16-18-37(28,6)33(30)17-19-38(31,32)7)46-35(42)39-20-21-44-34(41)36(5,23-43-8)24-45-27(4)40;1-24(2)9-8-10-25(3)30-13-14-31-29-12-11-27-21-28(15-17-36(27,6)32(29)16-18-37(30,31)7)45-34(42)38-19-20-43-33(41)35(5,22-39)23-44-26(4)40;1-7-3-5-9-6-4-8-2/h12,25-26,29-33H,9-11,13-24H2,1-8H3,(H,39,42);11,24-25,28-32,39H,8-10,12-23H2,1-7H3,(H,38,42);3-6H2,1-2H3/t26-,29?,30+,31?,32+,33+,36?,37+,38-;25-,28?,29+,30?,31+,32+,35?,36+,37-;/m11./s1. The number of hydrogen-bond acceptors (Lipinski definition) is 17. The number of carbonyl (C=O) groups is 6. The maximum absolute atomic E-state index is 12.7. The van der Waals surface area contributed by atoms with Crippen LogP contribution in [0.25, 0.3) is 0 Å². The third-order valence-corrected chi connectivity index (χ3v) is 26.1. The largest absolute Gasteiger partial charge is 0.465 e. The fraction of sp³-hybridized carbons (Fsp3) is 0.877. The van der Waals surface area contributed by atoms with Crippen LogP contribution in [-0.4, -0.2) is 154 Å². The van der Waals surface area contributed by atoms with Gasteiger partial charge in [0.05, 0.1) is 52.7 Å². The molecule has 8 aliphatic carbocycles. The minimum atomic E-state index is -1.35. The first-order chi connectivity index (χ1) is 47.4. The molecule has 0 aromatic rings. The van der Waals surface area contributed by atoms with Crippen molar-refractivity contribution < 1.29 is 81.2 Å². The van der Waals surface area contributed by atoms with Crippen LogP contribution in [-0.2, 0) is 66.5 Å². The van der Waals surface area contributed by atoms with E-state index >= 15 is 0 Å². The van der Waals surface area contributed by atoms with E-state index in [1.165, 1.54) is 142 Å². The second-order valence-electron chi connectivity index (χ2n) is 34.1. The summed E-state index contributed by atoms with van der Waals surface area (Å²) in [5.41, 5.74) is 1.87. The van der Waals surface area contributed by atoms with Crippen molar-refractivity contribution in [2.24, 2.45) is 104 Å². The maximum Gasteiger partial charge on any atom is 0.407 e. The first kappa shape index (κ1) is 84.6. The number of ether oxygens (including phenoxy) is 10. The molecule has 19 nitrogen and oxygen atoms in total. The summed E-state index contributed by atoms with van der Waals surface area (Å²) in [5, 5.41) is 15.0. The number of carbonyl (C=O) groups excluding carboxylic acids is 6. The minimum absolute atomic E-state index is 0.0120. The average molecular weight is 1410 g/mol. The van der Waals surface area contributed by atoms with Gasteiger partial charge in [-0.05, 0) is 196 Å². The molecule has 0 bridgehead atoms. The Morgan fingerprint density at radius 2 is 0.910 bits per heavy atom. The summed E-state index contributed by atoms with van der Waals surface area (Å²) in [7, 11) is 4.78. The third kappa shape index (κ3) is 22.1. The van der Waals surface area contributed by atoms with Crippen molar-refractivity contribution >= 4 is 36.1 Å². The number of esters is 4. The van der Waals surface area contributed by atoms with Gasteiger partial charge in [0, 0.05) is 48.0 Å². The molecule has 0 radical (unpaired) electrons. The van der Waals surface area contributed by atoms with Crippen LogP contribution in [0.2, 0.25) is 0 Å². The molecule has 0 heterocycles. The lowest BCUT2D eigenvalue weighted by Crippen LogP contribution is -2.51. The topological polar surface area (TPSA) is 239 Å². The van der Waals surface area contributed by atoms with E-state index in [1.54, 1.807) is 21.1 Å². The quantitative estimate of drug-likeness (QED) is 0.0239. The van der Waals surface area contributed by atoms with Crippen LogP contribution in [0.5, 0.6) is 0 Å². The van der Waals surface area contributed by atoms with Crippen LogP contribution < -0.4 is 10.6 Å². The number of methoxy groups -OCH3 is 3. The van der Waals surface area contributed by atoms with E-state index < -0.39 is 53.5 Å². The van der Waals surface area contributed by atoms with Crippen molar-refractivity contribution in [3.63, 3.8) is 0 Å². The molecule has 0 spiro atoms. The molecular formula is C81H138N2O17. The first-order valence-corrected chi connectivity index (χ1v) is 38.9. The number of allylic oxidation sites excluding steroid dienone is 2. The van der Waals surface area contributed by atoms with Gasteiger partial charge in [-0.2, -0.15) is 0 Å². The van der Waals surface area contributed by atoms with E-state index in [0.717, 1.165) is 110 Å². The molecule has 8 rings (SSSR count). The van der Waals surface area contributed by atoms with Crippen molar-refractivity contribution in [3.8, 4) is 0 Å². The molecule has 18 atom stereocenters. The molecule has 100 heavy (non-hydrogen) atoms. The molecule has 0 aliphatic heterocycles. The zero-order valence-corrected chi connectivity index (χ0v) is 65.3. The third-order valence-electron chi connectivity index (χ3n) is 26.1. The Morgan fingerprint density at radius 1 is 0.500 bits per heavy atom. The Kier molecular flexibility index (Phi) is 33.1. The summed E-state index contributed by atoms with van der Waals surface area (Å²) in [6, 6.07) is 0. The highest BCUT2D eigenvalue weighted by Crippen LogP contribution is 2.69. The van der Waals surface area contributed by atoms with Crippen LogP contribution in [0, 0.1) is 104 Å². The van der Waals surface area contributed by atoms with Crippen molar-refractivity contribution in [3.05, 3.63) is 23.3 Å². The van der Waals surface area contributed by atoms with Gasteiger partial charge in [-0.3, -0.25) is 19.2 Å². The van der Waals surface area contributed by atoms with Gasteiger partial charge in [0.25, 0.3) is 0 Å². The highest BCUT2D eigenvalue weighted by atomic mass is 16.6. The molecule has 0 aromatic heterocycles. The SMILES string of the molecule is CC(=O)OCC(C)(CO)C(=O)OCCNC(=O)OC1CC[C@@]2(C)C(=CC[C@@H]3[C@@H]2CC[C@]2(C)C([C@H](C)CCCC(C)C)CC[C@@H]32)C1.COCC(C)(COC(C)=O)C(=O)OCCNC(=O)OC1CC[C@@]2(C)C(=CC[C@@H]3[C@@H]2CC[C@]2(C)C([C@H](C)CCCC(C)C)CC[C@@H]32)C1.COCCOCCOC. The fourth-order valence-electron chi connectivity index (χ4n) is 20.4. The zero-order valence-electron chi connectivity index (χ0n) is 65.3. The van der Waals surface area contributed by atoms with E-state index in [0.29, 0.717) is 37.3 Å². The van der Waals surface area contributed by atoms with E-state index in [2.05, 4.69) is 92.0 Å². The van der Waals surface area contributed by atoms with E-state index in [4.69, 9.17) is 47.4 Å². The van der Waals surface area contributed by atoms with E-state index in [9.17, 15) is 33.9 Å². The molecule has 19 heteroatoms. The second-order valence-corrected chi connectivity index (χ2v) is 34.1. The summed E-state index contributed by atoms with van der Waals surface area (Å²) in [6.07, 6.45) is 30.7. The van der Waals surface area contributed by atoms with Crippen LogP contribution in [0.15, 0.2) is 23.3 Å². The van der Waals surface area contributed by atoms with Crippen molar-refractivity contribution in [2.75, 3.05) is 100 Å². The summed E-state index contributed by atoms with van der Waals surface area (Å²) in [4.78, 5) is 72.6. The summed E-state index contributed by atoms with van der Waals surface area (Å²) in [6.45, 7) is 32.2. The van der Waals surface area contributed by atoms with Crippen molar-refractivity contribution in [2.45, 2.75) is 250 Å². The maximum atomic E-state index is 12.7. The lowest BCUT2D eigenvalue weighted by molar-refractivity contribution is -0.166. The molecule has 0 saturated heterocycles. The summed E-state index contributed by atoms with van der Waals surface area (Å²) >= 11 is 0. The number of hydrogen-bond donors (Lipinski definition) is 3. The molecule has 6 unspecified atom stereocenters. The average Bonchev–Trinajstić information content (AvgIpc) is 1.39. The number of alkyl carbamates (subject to hydrolysis) is 2. The van der Waals surface area contributed by atoms with Gasteiger partial charge < -0.3 is 63.1 Å². The molecule has 574 valence electrons. The van der Waals surface area contributed by atoms with E-state index in [-0.39, 0.29) is 69.2 Å². The first-order valence-electron chi connectivity index (χ1n) is 38.9. The monoisotopic (exact) mass is 1410 g/mol. The predicted octanol–water partition coefficient (Wildman–Crippen LogP) is 15.4. The van der Waals surface area contributed by atoms with Crippen molar-refractivity contribution in [1.29, 1.82) is 0 Å². The number of amides is 2. The number of aliphatic hydroxyl groups excluding tert-OH is 1. The van der Waals surface area contributed by atoms with Crippen LogP contribution in [0.3, 0.4) is 0 Å². The second kappa shape index (κ2) is 39.2. The van der Waals surface area contributed by atoms with Gasteiger partial charge in [-0.25, -0.2) is 9.59 Å². The van der Waals surface area contributed by atoms with Gasteiger partial charge in [-0.1, -0.05) is 131 Å². The van der Waals surface area contributed by atoms with Gasteiger partial charge in [0.15, 0.2) is 0 Å². The number of nitrogens with one attached hydrogen (secondary N) is 2. The number of aliphatic hydroxyl groups is 1. The molecule has 6 saturated carbocycles. The lowest BCUT2D eigenvalue weighted by Gasteiger charge is -2.58. The highest BCUT2D eigenvalue weighted by molar-refractivity contribution is 5.78. The zero-order chi connectivity index (χ0) is 73.6. The molecule has 2 amide bonds. The molecule has 8 aliphatic rings. The van der Waals surface area contributed by atoms with Crippen LogP contribution in [0.4, 0.5) is 9.59 Å². The molecule has 6 fully saturated rings. The van der Waals surface area contributed by atoms with Crippen LogP contribution in [0.1, 0.15) is 238 Å². The number of fused-ring (bicyclic) bond motifs is 10. The Hall–Kier alpha value is -4.30. The Balaban J connectivity index is 0.000000280. The fourth-order valence-corrected chi connectivity index (χ4v) is 20.4. The van der Waals surface area contributed by atoms with Gasteiger partial charge >= 0.3 is 36.1 Å². The molecule has 0 aromatic carbocycles. The van der Waals surface area contributed by atoms with Gasteiger partial charge in [-0.15, -0.1) is 0 Å². The minimum Gasteiger partial charge on any atom is -0.465 e. The summed E-state index contributed by atoms with van der Waals surface area (Å²) in [5.74, 6) is 7.38.